The Morgan fingerprint density at radius 2 is 0.879 bits per heavy atom. The number of unbranched alkanes of at least 4 members (excludes halogenated alkanes) is 15. The van der Waals surface area contributed by atoms with Gasteiger partial charge in [0.15, 0.2) is 0 Å². The zero-order chi connectivity index (χ0) is 24.1. The molecule has 0 saturated carbocycles. The number of rotatable bonds is 28. The topological polar surface area (TPSA) is 54.0 Å². The summed E-state index contributed by atoms with van der Waals surface area (Å²) < 4.78 is 21.3. The molecule has 5 nitrogen and oxygen atoms in total. The first-order valence-electron chi connectivity index (χ1n) is 14.2. The van der Waals surface area contributed by atoms with Crippen molar-refractivity contribution >= 4 is 5.97 Å². The van der Waals surface area contributed by atoms with Gasteiger partial charge in [-0.25, -0.2) is 0 Å². The smallest absolute Gasteiger partial charge is 0.305 e. The highest BCUT2D eigenvalue weighted by Gasteiger charge is 2.02. The van der Waals surface area contributed by atoms with Gasteiger partial charge in [0.1, 0.15) is 0 Å². The normalized spacial score (nSPS) is 11.2. The van der Waals surface area contributed by atoms with Crippen LogP contribution in [0.15, 0.2) is 0 Å². The second kappa shape index (κ2) is 29.4. The van der Waals surface area contributed by atoms with Crippen molar-refractivity contribution in [1.29, 1.82) is 0 Å². The lowest BCUT2D eigenvalue weighted by atomic mass is 10.0. The van der Waals surface area contributed by atoms with Gasteiger partial charge in [0.25, 0.3) is 0 Å². The lowest BCUT2D eigenvalue weighted by Gasteiger charge is -2.07. The number of ether oxygens (including phenoxy) is 4. The largest absolute Gasteiger partial charge is 0.466 e. The van der Waals surface area contributed by atoms with Crippen molar-refractivity contribution in [2.45, 2.75) is 129 Å². The fourth-order valence-corrected chi connectivity index (χ4v) is 3.81. The van der Waals surface area contributed by atoms with Crippen LogP contribution in [0.4, 0.5) is 0 Å². The summed E-state index contributed by atoms with van der Waals surface area (Å²) in [5.74, 6) is -0.104. The highest BCUT2D eigenvalue weighted by atomic mass is 16.5. The van der Waals surface area contributed by atoms with E-state index in [0.717, 1.165) is 19.4 Å². The van der Waals surface area contributed by atoms with Crippen LogP contribution in [0.1, 0.15) is 129 Å². The summed E-state index contributed by atoms with van der Waals surface area (Å²) in [6, 6.07) is 0. The number of esters is 1. The van der Waals surface area contributed by atoms with E-state index in [0.29, 0.717) is 52.5 Å². The summed E-state index contributed by atoms with van der Waals surface area (Å²) in [7, 11) is 0. The third-order valence-electron chi connectivity index (χ3n) is 5.88. The van der Waals surface area contributed by atoms with Crippen LogP contribution < -0.4 is 0 Å². The Labute approximate surface area is 205 Å². The molecule has 0 fully saturated rings. The molecule has 198 valence electrons. The van der Waals surface area contributed by atoms with Gasteiger partial charge < -0.3 is 18.9 Å². The predicted molar refractivity (Wildman–Crippen MR) is 138 cm³/mol. The Morgan fingerprint density at radius 3 is 1.36 bits per heavy atom. The van der Waals surface area contributed by atoms with Gasteiger partial charge >= 0.3 is 5.97 Å². The van der Waals surface area contributed by atoms with Crippen molar-refractivity contribution in [2.75, 3.05) is 46.2 Å². The van der Waals surface area contributed by atoms with Gasteiger partial charge in [-0.2, -0.15) is 0 Å². The maximum atomic E-state index is 11.7. The second-order valence-corrected chi connectivity index (χ2v) is 9.05. The van der Waals surface area contributed by atoms with Crippen molar-refractivity contribution < 1.29 is 23.7 Å². The van der Waals surface area contributed by atoms with Gasteiger partial charge in [0, 0.05) is 19.6 Å². The van der Waals surface area contributed by atoms with Gasteiger partial charge in [0.2, 0.25) is 0 Å². The third-order valence-corrected chi connectivity index (χ3v) is 5.88. The molecule has 0 bridgehead atoms. The van der Waals surface area contributed by atoms with Gasteiger partial charge in [-0.05, 0) is 19.8 Å². The molecule has 0 spiro atoms. The molecule has 0 aliphatic heterocycles. The Kier molecular flexibility index (Phi) is 28.8. The van der Waals surface area contributed by atoms with E-state index in [4.69, 9.17) is 18.9 Å². The molecule has 5 heteroatoms. The number of carbonyl (C=O) groups is 1. The fourth-order valence-electron chi connectivity index (χ4n) is 3.81. The molecule has 0 heterocycles. The minimum absolute atomic E-state index is 0.104. The van der Waals surface area contributed by atoms with E-state index in [1.165, 1.54) is 89.9 Å². The molecular formula is C28H56O5. The lowest BCUT2D eigenvalue weighted by molar-refractivity contribution is -0.144. The van der Waals surface area contributed by atoms with E-state index in [1.807, 2.05) is 6.92 Å². The van der Waals surface area contributed by atoms with Crippen LogP contribution in [0.25, 0.3) is 0 Å². The minimum Gasteiger partial charge on any atom is -0.466 e. The molecule has 0 amide bonds. The Morgan fingerprint density at radius 1 is 0.455 bits per heavy atom. The van der Waals surface area contributed by atoms with Crippen LogP contribution in [-0.2, 0) is 23.7 Å². The molecule has 0 saturated heterocycles. The van der Waals surface area contributed by atoms with E-state index in [1.54, 1.807) is 0 Å². The molecular weight excluding hydrogens is 416 g/mol. The van der Waals surface area contributed by atoms with Gasteiger partial charge in [-0.1, -0.05) is 103 Å². The lowest BCUT2D eigenvalue weighted by Crippen LogP contribution is -2.11. The Bertz CT molecular complexity index is 375. The molecule has 0 N–H and O–H groups in total. The van der Waals surface area contributed by atoms with Gasteiger partial charge in [0.05, 0.1) is 33.0 Å². The Hall–Kier alpha value is -0.650. The van der Waals surface area contributed by atoms with Crippen LogP contribution in [0.5, 0.6) is 0 Å². The molecule has 0 aromatic carbocycles. The number of hydrogen-bond acceptors (Lipinski definition) is 5. The molecule has 0 radical (unpaired) electrons. The third kappa shape index (κ3) is 29.3. The number of hydrogen-bond donors (Lipinski definition) is 0. The van der Waals surface area contributed by atoms with Gasteiger partial charge in [-0.3, -0.25) is 4.79 Å². The second-order valence-electron chi connectivity index (χ2n) is 9.05. The van der Waals surface area contributed by atoms with Crippen molar-refractivity contribution in [3.05, 3.63) is 0 Å². The molecule has 0 atom stereocenters. The quantitative estimate of drug-likeness (QED) is 0.0865. The maximum absolute atomic E-state index is 11.7. The molecule has 0 aliphatic carbocycles. The Balaban J connectivity index is 3.13. The van der Waals surface area contributed by atoms with Crippen LogP contribution in [0.2, 0.25) is 0 Å². The van der Waals surface area contributed by atoms with E-state index in [2.05, 4.69) is 6.92 Å². The summed E-state index contributed by atoms with van der Waals surface area (Å²) in [4.78, 5) is 11.7. The fraction of sp³-hybridized carbons (Fsp3) is 0.964. The van der Waals surface area contributed by atoms with Crippen molar-refractivity contribution in [3.63, 3.8) is 0 Å². The van der Waals surface area contributed by atoms with E-state index < -0.39 is 0 Å². The van der Waals surface area contributed by atoms with E-state index >= 15 is 0 Å². The van der Waals surface area contributed by atoms with Gasteiger partial charge in [-0.15, -0.1) is 0 Å². The highest BCUT2D eigenvalue weighted by Crippen LogP contribution is 2.13. The van der Waals surface area contributed by atoms with Crippen LogP contribution >= 0.6 is 0 Å². The van der Waals surface area contributed by atoms with Crippen molar-refractivity contribution in [3.8, 4) is 0 Å². The standard InChI is InChI=1S/C28H56O5/c1-3-5-6-7-8-9-10-11-12-13-14-15-16-17-18-19-23-33-28(29)21-20-22-31-26-27-32-25-24-30-4-2/h3-27H2,1-2H3. The molecule has 0 aliphatic rings. The molecule has 0 unspecified atom stereocenters. The zero-order valence-electron chi connectivity index (χ0n) is 22.2. The molecule has 0 rings (SSSR count). The van der Waals surface area contributed by atoms with E-state index in [-0.39, 0.29) is 5.97 Å². The molecule has 33 heavy (non-hydrogen) atoms. The maximum Gasteiger partial charge on any atom is 0.305 e. The SMILES string of the molecule is CCCCCCCCCCCCCCCCCCOC(=O)CCCOCCOCCOCC. The molecule has 0 aromatic heterocycles. The summed E-state index contributed by atoms with van der Waals surface area (Å²) in [6.07, 6.45) is 22.8. The number of carbonyl (C=O) groups excluding carboxylic acids is 1. The van der Waals surface area contributed by atoms with Crippen molar-refractivity contribution in [1.82, 2.24) is 0 Å². The zero-order valence-corrected chi connectivity index (χ0v) is 22.2. The summed E-state index contributed by atoms with van der Waals surface area (Å²) >= 11 is 0. The monoisotopic (exact) mass is 472 g/mol. The van der Waals surface area contributed by atoms with Crippen LogP contribution in [-0.4, -0.2) is 52.2 Å². The minimum atomic E-state index is -0.104. The highest BCUT2D eigenvalue weighted by molar-refractivity contribution is 5.69. The molecule has 0 aromatic rings. The summed E-state index contributed by atoms with van der Waals surface area (Å²) in [6.45, 7) is 8.45. The predicted octanol–water partition coefficient (Wildman–Crippen LogP) is 7.64. The van der Waals surface area contributed by atoms with Crippen molar-refractivity contribution in [2.24, 2.45) is 0 Å². The van der Waals surface area contributed by atoms with Crippen LogP contribution in [0, 0.1) is 0 Å². The first-order valence-corrected chi connectivity index (χ1v) is 14.2. The van der Waals surface area contributed by atoms with Crippen LogP contribution in [0.3, 0.4) is 0 Å². The first kappa shape index (κ1) is 32.4. The average Bonchev–Trinajstić information content (AvgIpc) is 2.82. The van der Waals surface area contributed by atoms with E-state index in [9.17, 15) is 4.79 Å². The first-order chi connectivity index (χ1) is 16.3. The summed E-state index contributed by atoms with van der Waals surface area (Å²) in [5, 5.41) is 0. The average molecular weight is 473 g/mol. The summed E-state index contributed by atoms with van der Waals surface area (Å²) in [5.41, 5.74) is 0.